The molecule has 0 unspecified atom stereocenters. The summed E-state index contributed by atoms with van der Waals surface area (Å²) in [6.07, 6.45) is 0.757. The Morgan fingerprint density at radius 1 is 1.36 bits per heavy atom. The van der Waals surface area contributed by atoms with Crippen molar-refractivity contribution >= 4 is 38.9 Å². The number of halogens is 5. The Kier molecular flexibility index (Phi) is 5.45. The molecule has 25 heavy (non-hydrogen) atoms. The third-order valence-electron chi connectivity index (χ3n) is 3.18. The first kappa shape index (κ1) is 19.7. The van der Waals surface area contributed by atoms with Gasteiger partial charge >= 0.3 is 6.61 Å². The highest BCUT2D eigenvalue weighted by Gasteiger charge is 2.28. The van der Waals surface area contributed by atoms with Gasteiger partial charge in [0.2, 0.25) is 10.0 Å². The molecule has 1 heterocycles. The molecule has 2 rings (SSSR count). The third kappa shape index (κ3) is 4.13. The fourth-order valence-corrected chi connectivity index (χ4v) is 3.12. The summed E-state index contributed by atoms with van der Waals surface area (Å²) in [5, 5.41) is 3.48. The molecular weight excluding hydrogens is 406 g/mol. The van der Waals surface area contributed by atoms with Crippen molar-refractivity contribution in [2.75, 3.05) is 11.0 Å². The van der Waals surface area contributed by atoms with Crippen molar-refractivity contribution in [1.82, 2.24) is 9.78 Å². The van der Waals surface area contributed by atoms with Gasteiger partial charge in [-0.3, -0.25) is 9.40 Å². The minimum Gasteiger partial charge on any atom is -0.431 e. The van der Waals surface area contributed by atoms with Crippen molar-refractivity contribution in [1.29, 1.82) is 0 Å². The summed E-state index contributed by atoms with van der Waals surface area (Å²) in [5.41, 5.74) is -0.777. The van der Waals surface area contributed by atoms with Gasteiger partial charge in [-0.05, 0) is 13.0 Å². The minimum absolute atomic E-state index is 0.0169. The molecule has 0 amide bonds. The lowest BCUT2D eigenvalue weighted by Crippen LogP contribution is -2.14. The molecule has 0 radical (unpaired) electrons. The van der Waals surface area contributed by atoms with E-state index in [0.717, 1.165) is 6.26 Å². The lowest BCUT2D eigenvalue weighted by molar-refractivity contribution is -0.0492. The highest BCUT2D eigenvalue weighted by molar-refractivity contribution is 7.92. The van der Waals surface area contributed by atoms with Crippen LogP contribution in [-0.2, 0) is 17.1 Å². The second kappa shape index (κ2) is 6.93. The van der Waals surface area contributed by atoms with Gasteiger partial charge in [-0.25, -0.2) is 12.8 Å². The number of nitrogens with zero attached hydrogens (tertiary/aromatic N) is 2. The fourth-order valence-electron chi connectivity index (χ4n) is 2.06. The van der Waals surface area contributed by atoms with Crippen LogP contribution in [0.2, 0.25) is 10.0 Å². The molecule has 0 saturated carbocycles. The van der Waals surface area contributed by atoms with Gasteiger partial charge in [-0.2, -0.15) is 13.9 Å². The monoisotopic (exact) mass is 417 g/mol. The van der Waals surface area contributed by atoms with Gasteiger partial charge in [0.05, 0.1) is 27.6 Å². The van der Waals surface area contributed by atoms with Crippen molar-refractivity contribution in [2.24, 2.45) is 7.05 Å². The summed E-state index contributed by atoms with van der Waals surface area (Å²) in [6.45, 7) is -1.73. The molecule has 0 atom stereocenters. The summed E-state index contributed by atoms with van der Waals surface area (Å²) in [5.74, 6) is -1.75. The zero-order valence-corrected chi connectivity index (χ0v) is 15.4. The molecule has 0 fully saturated rings. The predicted octanol–water partition coefficient (Wildman–Crippen LogP) is 3.81. The first-order valence-electron chi connectivity index (χ1n) is 6.56. The number of rotatable bonds is 5. The molecule has 1 aromatic heterocycles. The summed E-state index contributed by atoms with van der Waals surface area (Å²) in [4.78, 5) is 0. The average Bonchev–Trinajstić information content (AvgIpc) is 2.69. The third-order valence-corrected chi connectivity index (χ3v) is 4.49. The highest BCUT2D eigenvalue weighted by atomic mass is 35.5. The van der Waals surface area contributed by atoms with E-state index in [-0.39, 0.29) is 10.7 Å². The molecule has 0 aliphatic carbocycles. The zero-order chi connectivity index (χ0) is 19.1. The van der Waals surface area contributed by atoms with E-state index < -0.39 is 44.5 Å². The van der Waals surface area contributed by atoms with Gasteiger partial charge in [0.25, 0.3) is 0 Å². The molecule has 6 nitrogen and oxygen atoms in total. The van der Waals surface area contributed by atoms with Crippen molar-refractivity contribution < 1.29 is 26.3 Å². The van der Waals surface area contributed by atoms with E-state index in [0.29, 0.717) is 11.8 Å². The molecule has 2 aromatic rings. The number of benzene rings is 1. The Morgan fingerprint density at radius 2 is 1.96 bits per heavy atom. The standard InChI is InChI=1S/C13H12Cl2F3N3O3S/c1-5-9(15)10(19-21(5)2)8-7(16)4-6(14)12(24-13(17)18)11(8)20-25(3,22)23/h4,13,20H,1-3H3. The highest BCUT2D eigenvalue weighted by Crippen LogP contribution is 2.45. The molecule has 12 heteroatoms. The number of aryl methyl sites for hydroxylation is 1. The molecular formula is C13H12Cl2F3N3O3S. The van der Waals surface area contributed by atoms with Gasteiger partial charge in [0, 0.05) is 7.05 Å². The van der Waals surface area contributed by atoms with E-state index in [2.05, 4.69) is 9.84 Å². The second-order valence-electron chi connectivity index (χ2n) is 5.04. The summed E-state index contributed by atoms with van der Waals surface area (Å²) in [7, 11) is -2.47. The van der Waals surface area contributed by atoms with E-state index in [1.54, 1.807) is 6.92 Å². The largest absolute Gasteiger partial charge is 0.431 e. The Bertz CT molecular complexity index is 933. The molecule has 0 bridgehead atoms. The molecule has 1 N–H and O–H groups in total. The number of sulfonamides is 1. The molecule has 0 spiro atoms. The first-order valence-corrected chi connectivity index (χ1v) is 9.21. The molecule has 138 valence electrons. The van der Waals surface area contributed by atoms with Gasteiger partial charge in [0.1, 0.15) is 17.2 Å². The van der Waals surface area contributed by atoms with Crippen LogP contribution in [0.15, 0.2) is 6.07 Å². The Hall–Kier alpha value is -1.65. The normalized spacial score (nSPS) is 11.9. The Labute approximate surface area is 151 Å². The zero-order valence-electron chi connectivity index (χ0n) is 13.1. The average molecular weight is 418 g/mol. The van der Waals surface area contributed by atoms with Gasteiger partial charge in [-0.15, -0.1) is 0 Å². The first-order chi connectivity index (χ1) is 11.4. The van der Waals surface area contributed by atoms with Crippen LogP contribution in [0.1, 0.15) is 5.69 Å². The second-order valence-corrected chi connectivity index (χ2v) is 7.58. The van der Waals surface area contributed by atoms with Crippen molar-refractivity contribution in [3.05, 3.63) is 27.6 Å². The van der Waals surface area contributed by atoms with Crippen LogP contribution < -0.4 is 9.46 Å². The quantitative estimate of drug-likeness (QED) is 0.802. The number of alkyl halides is 2. The maximum Gasteiger partial charge on any atom is 0.387 e. The number of nitrogens with one attached hydrogen (secondary N) is 1. The van der Waals surface area contributed by atoms with E-state index in [4.69, 9.17) is 23.2 Å². The van der Waals surface area contributed by atoms with E-state index in [1.807, 2.05) is 4.72 Å². The maximum absolute atomic E-state index is 14.5. The SMILES string of the molecule is Cc1c(Cl)c(-c2c(F)cc(Cl)c(OC(F)F)c2NS(C)(=O)=O)nn1C. The minimum atomic E-state index is -3.99. The van der Waals surface area contributed by atoms with Crippen LogP contribution in [0.3, 0.4) is 0 Å². The molecule has 0 saturated heterocycles. The Balaban J connectivity index is 2.87. The number of aromatic nitrogens is 2. The van der Waals surface area contributed by atoms with Crippen LogP contribution in [0, 0.1) is 12.7 Å². The van der Waals surface area contributed by atoms with Crippen molar-refractivity contribution in [3.63, 3.8) is 0 Å². The number of hydrogen-bond acceptors (Lipinski definition) is 4. The number of anilines is 1. The smallest absolute Gasteiger partial charge is 0.387 e. The van der Waals surface area contributed by atoms with Crippen molar-refractivity contribution in [3.8, 4) is 17.0 Å². The summed E-state index contributed by atoms with van der Waals surface area (Å²) in [6, 6.07) is 0.711. The summed E-state index contributed by atoms with van der Waals surface area (Å²) >= 11 is 11.9. The predicted molar refractivity (Wildman–Crippen MR) is 88.5 cm³/mol. The van der Waals surface area contributed by atoms with Crippen LogP contribution in [-0.4, -0.2) is 31.1 Å². The number of hydrogen-bond donors (Lipinski definition) is 1. The Morgan fingerprint density at radius 3 is 2.40 bits per heavy atom. The van der Waals surface area contributed by atoms with Gasteiger partial charge < -0.3 is 4.74 Å². The number of ether oxygens (including phenoxy) is 1. The van der Waals surface area contributed by atoms with Gasteiger partial charge in [0.15, 0.2) is 5.75 Å². The van der Waals surface area contributed by atoms with Crippen LogP contribution in [0.4, 0.5) is 18.9 Å². The van der Waals surface area contributed by atoms with Crippen LogP contribution >= 0.6 is 23.2 Å². The summed E-state index contributed by atoms with van der Waals surface area (Å²) < 4.78 is 70.7. The van der Waals surface area contributed by atoms with E-state index in [1.165, 1.54) is 11.7 Å². The molecule has 0 aliphatic heterocycles. The lowest BCUT2D eigenvalue weighted by Gasteiger charge is -2.17. The van der Waals surface area contributed by atoms with Crippen molar-refractivity contribution in [2.45, 2.75) is 13.5 Å². The lowest BCUT2D eigenvalue weighted by atomic mass is 10.1. The molecule has 1 aromatic carbocycles. The fraction of sp³-hybridized carbons (Fsp3) is 0.308. The van der Waals surface area contributed by atoms with E-state index >= 15 is 0 Å². The van der Waals surface area contributed by atoms with Crippen LogP contribution in [0.25, 0.3) is 11.3 Å². The molecule has 0 aliphatic rings. The topological polar surface area (TPSA) is 73.2 Å². The van der Waals surface area contributed by atoms with E-state index in [9.17, 15) is 21.6 Å². The van der Waals surface area contributed by atoms with Gasteiger partial charge in [-0.1, -0.05) is 23.2 Å². The van der Waals surface area contributed by atoms with Crippen LogP contribution in [0.5, 0.6) is 5.75 Å². The maximum atomic E-state index is 14.5.